The minimum Gasteiger partial charge on any atom is -0.467 e. The quantitative estimate of drug-likeness (QED) is 0.682. The molecule has 0 rings (SSSR count). The van der Waals surface area contributed by atoms with E-state index in [-0.39, 0.29) is 0 Å². The second-order valence-corrected chi connectivity index (χ2v) is 6.72. The van der Waals surface area contributed by atoms with Crippen LogP contribution in [0.5, 0.6) is 0 Å². The molecule has 8 heteroatoms. The van der Waals surface area contributed by atoms with Crippen LogP contribution in [0.25, 0.3) is 0 Å². The molecule has 2 unspecified atom stereocenters. The maximum atomic E-state index is 12.2. The number of alkyl carbamates (subject to hydrolysis) is 1. The summed E-state index contributed by atoms with van der Waals surface area (Å²) in [7, 11) is 1.25. The molecular formula is C14H26N2O5S. The molecule has 7 nitrogen and oxygen atoms in total. The first-order chi connectivity index (χ1) is 10.1. The van der Waals surface area contributed by atoms with Crippen LogP contribution in [-0.4, -0.2) is 54.8 Å². The molecule has 2 atom stereocenters. The number of esters is 1. The van der Waals surface area contributed by atoms with Crippen molar-refractivity contribution in [1.82, 2.24) is 10.6 Å². The van der Waals surface area contributed by atoms with Crippen molar-refractivity contribution in [2.24, 2.45) is 0 Å². The molecule has 0 heterocycles. The smallest absolute Gasteiger partial charge is 0.408 e. The lowest BCUT2D eigenvalue weighted by Crippen LogP contribution is -2.52. The highest BCUT2D eigenvalue weighted by molar-refractivity contribution is 7.98. The number of hydrogen-bond donors (Lipinski definition) is 2. The van der Waals surface area contributed by atoms with Gasteiger partial charge in [0.25, 0.3) is 0 Å². The fourth-order valence-corrected chi connectivity index (χ4v) is 1.98. The number of rotatable bonds is 7. The van der Waals surface area contributed by atoms with Crippen LogP contribution in [0.1, 0.15) is 34.1 Å². The summed E-state index contributed by atoms with van der Waals surface area (Å²) < 4.78 is 9.69. The summed E-state index contributed by atoms with van der Waals surface area (Å²) in [5.74, 6) is -0.312. The van der Waals surface area contributed by atoms with Gasteiger partial charge in [0, 0.05) is 0 Å². The highest BCUT2D eigenvalue weighted by atomic mass is 32.2. The number of nitrogens with one attached hydrogen (secondary N) is 2. The zero-order chi connectivity index (χ0) is 17.3. The van der Waals surface area contributed by atoms with Crippen molar-refractivity contribution in [3.05, 3.63) is 0 Å². The summed E-state index contributed by atoms with van der Waals surface area (Å²) >= 11 is 1.55. The van der Waals surface area contributed by atoms with Crippen molar-refractivity contribution in [1.29, 1.82) is 0 Å². The average Bonchev–Trinajstić information content (AvgIpc) is 2.40. The van der Waals surface area contributed by atoms with Crippen LogP contribution in [0.3, 0.4) is 0 Å². The molecule has 128 valence electrons. The summed E-state index contributed by atoms with van der Waals surface area (Å²) in [6.45, 7) is 6.73. The zero-order valence-electron chi connectivity index (χ0n) is 14.0. The Labute approximate surface area is 135 Å². The Balaban J connectivity index is 4.71. The lowest BCUT2D eigenvalue weighted by molar-refractivity contribution is -0.144. The van der Waals surface area contributed by atoms with E-state index in [4.69, 9.17) is 4.74 Å². The first-order valence-electron chi connectivity index (χ1n) is 6.97. The monoisotopic (exact) mass is 334 g/mol. The van der Waals surface area contributed by atoms with Crippen molar-refractivity contribution in [2.75, 3.05) is 19.1 Å². The Morgan fingerprint density at radius 2 is 1.77 bits per heavy atom. The molecule has 0 aromatic heterocycles. The maximum Gasteiger partial charge on any atom is 0.408 e. The predicted octanol–water partition coefficient (Wildman–Crippen LogP) is 1.31. The van der Waals surface area contributed by atoms with Gasteiger partial charge in [0.1, 0.15) is 17.7 Å². The van der Waals surface area contributed by atoms with E-state index in [1.54, 1.807) is 32.5 Å². The number of amides is 2. The van der Waals surface area contributed by atoms with Gasteiger partial charge in [-0.1, -0.05) is 0 Å². The summed E-state index contributed by atoms with van der Waals surface area (Å²) in [5.41, 5.74) is -0.649. The molecule has 0 radical (unpaired) electrons. The third-order valence-electron chi connectivity index (χ3n) is 2.53. The molecule has 0 spiro atoms. The highest BCUT2D eigenvalue weighted by Gasteiger charge is 2.26. The van der Waals surface area contributed by atoms with Crippen LogP contribution in [0, 0.1) is 0 Å². The summed E-state index contributed by atoms with van der Waals surface area (Å²) in [4.78, 5) is 35.3. The number of carbonyl (C=O) groups is 3. The lowest BCUT2D eigenvalue weighted by atomic mass is 10.2. The van der Waals surface area contributed by atoms with Crippen LogP contribution in [0.2, 0.25) is 0 Å². The van der Waals surface area contributed by atoms with E-state index >= 15 is 0 Å². The largest absolute Gasteiger partial charge is 0.467 e. The second-order valence-electron chi connectivity index (χ2n) is 5.73. The van der Waals surface area contributed by atoms with Crippen molar-refractivity contribution < 1.29 is 23.9 Å². The summed E-state index contributed by atoms with van der Waals surface area (Å²) in [5, 5.41) is 5.05. The van der Waals surface area contributed by atoms with Gasteiger partial charge in [-0.2, -0.15) is 11.8 Å². The van der Waals surface area contributed by atoms with E-state index in [1.807, 2.05) is 6.26 Å². The SMILES string of the molecule is COC(=O)C(C)NC(=O)C(CCSC)NC(=O)OC(C)(C)C. The predicted molar refractivity (Wildman–Crippen MR) is 85.8 cm³/mol. The standard InChI is InChI=1S/C14H26N2O5S/c1-9(12(18)20-5)15-11(17)10(7-8-22-6)16-13(19)21-14(2,3)4/h9-10H,7-8H2,1-6H3,(H,15,17)(H,16,19). The molecule has 0 aliphatic carbocycles. The van der Waals surface area contributed by atoms with Crippen molar-refractivity contribution in [3.63, 3.8) is 0 Å². The molecule has 0 aromatic rings. The van der Waals surface area contributed by atoms with Crippen LogP contribution < -0.4 is 10.6 Å². The second kappa shape index (κ2) is 9.55. The molecule has 0 saturated heterocycles. The number of ether oxygens (including phenoxy) is 2. The Bertz CT molecular complexity index is 395. The van der Waals surface area contributed by atoms with Crippen molar-refractivity contribution >= 4 is 29.7 Å². The molecule has 0 aromatic carbocycles. The first kappa shape index (κ1) is 20.6. The van der Waals surface area contributed by atoms with Gasteiger partial charge in [-0.25, -0.2) is 9.59 Å². The van der Waals surface area contributed by atoms with Gasteiger partial charge in [0.2, 0.25) is 5.91 Å². The van der Waals surface area contributed by atoms with E-state index in [9.17, 15) is 14.4 Å². The van der Waals surface area contributed by atoms with Gasteiger partial charge in [-0.05, 0) is 46.1 Å². The summed E-state index contributed by atoms with van der Waals surface area (Å²) in [6, 6.07) is -1.55. The Morgan fingerprint density at radius 3 is 2.23 bits per heavy atom. The molecule has 2 amide bonds. The van der Waals surface area contributed by atoms with E-state index in [2.05, 4.69) is 15.4 Å². The van der Waals surface area contributed by atoms with Crippen molar-refractivity contribution in [3.8, 4) is 0 Å². The lowest BCUT2D eigenvalue weighted by Gasteiger charge is -2.24. The van der Waals surface area contributed by atoms with Gasteiger partial charge < -0.3 is 20.1 Å². The van der Waals surface area contributed by atoms with Crippen LogP contribution in [0.15, 0.2) is 0 Å². The van der Waals surface area contributed by atoms with Gasteiger partial charge in [-0.15, -0.1) is 0 Å². The van der Waals surface area contributed by atoms with Crippen molar-refractivity contribution in [2.45, 2.75) is 51.8 Å². The summed E-state index contributed by atoms with van der Waals surface area (Å²) in [6.07, 6.45) is 1.67. The Morgan fingerprint density at radius 1 is 1.18 bits per heavy atom. The molecule has 0 bridgehead atoms. The minimum atomic E-state index is -0.783. The average molecular weight is 334 g/mol. The number of thioether (sulfide) groups is 1. The Hall–Kier alpha value is -1.44. The van der Waals surface area contributed by atoms with E-state index in [0.29, 0.717) is 12.2 Å². The molecule has 0 aliphatic heterocycles. The molecule has 0 fully saturated rings. The van der Waals surface area contributed by atoms with Gasteiger partial charge in [-0.3, -0.25) is 4.79 Å². The fourth-order valence-electron chi connectivity index (χ4n) is 1.50. The minimum absolute atomic E-state index is 0.431. The van der Waals surface area contributed by atoms with Gasteiger partial charge in [0.15, 0.2) is 0 Å². The molecular weight excluding hydrogens is 308 g/mol. The normalized spacial score (nSPS) is 13.7. The number of hydrogen-bond acceptors (Lipinski definition) is 6. The number of carbonyl (C=O) groups excluding carboxylic acids is 3. The fraction of sp³-hybridized carbons (Fsp3) is 0.786. The highest BCUT2D eigenvalue weighted by Crippen LogP contribution is 2.08. The third-order valence-corrected chi connectivity index (χ3v) is 3.18. The third kappa shape index (κ3) is 8.76. The molecule has 2 N–H and O–H groups in total. The van der Waals surface area contributed by atoms with Gasteiger partial charge >= 0.3 is 12.1 Å². The van der Waals surface area contributed by atoms with E-state index in [1.165, 1.54) is 14.0 Å². The topological polar surface area (TPSA) is 93.7 Å². The van der Waals surface area contributed by atoms with Crippen LogP contribution in [-0.2, 0) is 19.1 Å². The van der Waals surface area contributed by atoms with Crippen LogP contribution in [0.4, 0.5) is 4.79 Å². The van der Waals surface area contributed by atoms with Gasteiger partial charge in [0.05, 0.1) is 7.11 Å². The van der Waals surface area contributed by atoms with E-state index < -0.39 is 35.7 Å². The van der Waals surface area contributed by atoms with Crippen LogP contribution >= 0.6 is 11.8 Å². The molecule has 0 aliphatic rings. The Kier molecular flexibility index (Phi) is 8.93. The maximum absolute atomic E-state index is 12.2. The van der Waals surface area contributed by atoms with E-state index in [0.717, 1.165) is 0 Å². The molecule has 22 heavy (non-hydrogen) atoms. The molecule has 0 saturated carbocycles. The first-order valence-corrected chi connectivity index (χ1v) is 8.36. The number of methoxy groups -OCH3 is 1. The zero-order valence-corrected chi connectivity index (χ0v) is 14.8.